The summed E-state index contributed by atoms with van der Waals surface area (Å²) in [6, 6.07) is 6.19. The highest BCUT2D eigenvalue weighted by atomic mass is 35.5. The molecule has 0 atom stereocenters. The molecule has 0 unspecified atom stereocenters. The van der Waals surface area contributed by atoms with Crippen molar-refractivity contribution in [1.82, 2.24) is 15.0 Å². The van der Waals surface area contributed by atoms with Gasteiger partial charge < -0.3 is 9.72 Å². The van der Waals surface area contributed by atoms with E-state index < -0.39 is 5.82 Å². The fourth-order valence-corrected chi connectivity index (χ4v) is 2.13. The van der Waals surface area contributed by atoms with Crippen molar-refractivity contribution in [1.29, 1.82) is 0 Å². The third kappa shape index (κ3) is 2.19. The summed E-state index contributed by atoms with van der Waals surface area (Å²) in [5.41, 5.74) is 1.63. The van der Waals surface area contributed by atoms with Crippen molar-refractivity contribution < 1.29 is 9.13 Å². The van der Waals surface area contributed by atoms with Crippen molar-refractivity contribution >= 4 is 34.4 Å². The molecule has 20 heavy (non-hydrogen) atoms. The number of nitrogens with zero attached hydrogens (tertiary/aromatic N) is 2. The first-order chi connectivity index (χ1) is 9.58. The quantitative estimate of drug-likeness (QED) is 0.725. The summed E-state index contributed by atoms with van der Waals surface area (Å²) in [5.74, 6) is 0.191. The number of hydrogen-bond donors (Lipinski definition) is 1. The van der Waals surface area contributed by atoms with Gasteiger partial charge in [-0.05, 0) is 24.3 Å². The van der Waals surface area contributed by atoms with Crippen LogP contribution in [0.5, 0.6) is 5.75 Å². The summed E-state index contributed by atoms with van der Waals surface area (Å²) in [5, 5.41) is 0.508. The lowest BCUT2D eigenvalue weighted by Gasteiger charge is -2.02. The van der Waals surface area contributed by atoms with Crippen LogP contribution in [0.1, 0.15) is 0 Å². The summed E-state index contributed by atoms with van der Waals surface area (Å²) in [4.78, 5) is 11.3. The Morgan fingerprint density at radius 1 is 1.20 bits per heavy atom. The number of fused-ring (bicyclic) bond motifs is 1. The number of aromatic amines is 1. The molecule has 0 spiro atoms. The number of rotatable bonds is 2. The fraction of sp³-hybridized carbons (Fsp3) is 0.0769. The molecule has 0 aliphatic carbocycles. The third-order valence-corrected chi connectivity index (χ3v) is 3.48. The lowest BCUT2D eigenvalue weighted by molar-refractivity contribution is 0.386. The van der Waals surface area contributed by atoms with Crippen LogP contribution in [0.4, 0.5) is 4.39 Å². The van der Waals surface area contributed by atoms with Crippen LogP contribution in [0.15, 0.2) is 24.3 Å². The van der Waals surface area contributed by atoms with Gasteiger partial charge in [0.05, 0.1) is 17.6 Å². The van der Waals surface area contributed by atoms with Gasteiger partial charge in [0.1, 0.15) is 11.0 Å². The van der Waals surface area contributed by atoms with Crippen molar-refractivity contribution in [3.63, 3.8) is 0 Å². The van der Waals surface area contributed by atoms with Gasteiger partial charge in [-0.2, -0.15) is 0 Å². The molecule has 0 aliphatic heterocycles. The van der Waals surface area contributed by atoms with Crippen molar-refractivity contribution in [2.75, 3.05) is 7.11 Å². The molecule has 1 aromatic carbocycles. The summed E-state index contributed by atoms with van der Waals surface area (Å²) >= 11 is 11.7. The van der Waals surface area contributed by atoms with E-state index in [1.54, 1.807) is 12.1 Å². The minimum absolute atomic E-state index is 0.175. The largest absolute Gasteiger partial charge is 0.494 e. The van der Waals surface area contributed by atoms with E-state index in [2.05, 4.69) is 15.0 Å². The van der Waals surface area contributed by atoms with Crippen LogP contribution >= 0.6 is 23.2 Å². The number of aromatic nitrogens is 3. The van der Waals surface area contributed by atoms with E-state index in [-0.39, 0.29) is 10.9 Å². The number of halogens is 3. The summed E-state index contributed by atoms with van der Waals surface area (Å²) in [6.07, 6.45) is 0. The number of ether oxygens (including phenoxy) is 1. The zero-order valence-electron chi connectivity index (χ0n) is 10.2. The average Bonchev–Trinajstić information content (AvgIpc) is 2.82. The van der Waals surface area contributed by atoms with Gasteiger partial charge in [-0.3, -0.25) is 0 Å². The minimum atomic E-state index is -0.463. The molecule has 0 bridgehead atoms. The number of methoxy groups -OCH3 is 1. The molecule has 3 rings (SSSR count). The Hall–Kier alpha value is -1.85. The molecule has 0 fully saturated rings. The Morgan fingerprint density at radius 3 is 2.70 bits per heavy atom. The molecule has 0 aliphatic rings. The Bertz CT molecular complexity index is 765. The number of imidazole rings is 1. The number of nitrogens with one attached hydrogen (secondary N) is 1. The highest BCUT2D eigenvalue weighted by molar-refractivity contribution is 6.41. The number of pyridine rings is 1. The van der Waals surface area contributed by atoms with Crippen LogP contribution in [-0.4, -0.2) is 22.1 Å². The van der Waals surface area contributed by atoms with Crippen molar-refractivity contribution in [3.05, 3.63) is 40.3 Å². The second-order valence-corrected chi connectivity index (χ2v) is 4.83. The SMILES string of the molecule is COc1ccc(-c2nc3nc(Cl)c(Cl)cc3[nH]2)cc1F. The topological polar surface area (TPSA) is 50.8 Å². The molecule has 0 saturated carbocycles. The molecule has 2 heterocycles. The minimum Gasteiger partial charge on any atom is -0.494 e. The summed E-state index contributed by atoms with van der Waals surface area (Å²) < 4.78 is 18.6. The maximum atomic E-state index is 13.7. The van der Waals surface area contributed by atoms with Gasteiger partial charge in [-0.25, -0.2) is 14.4 Å². The molecule has 7 heteroatoms. The van der Waals surface area contributed by atoms with E-state index in [0.29, 0.717) is 27.6 Å². The van der Waals surface area contributed by atoms with Gasteiger partial charge in [-0.1, -0.05) is 23.2 Å². The fourth-order valence-electron chi connectivity index (χ4n) is 1.85. The first kappa shape index (κ1) is 13.1. The van der Waals surface area contributed by atoms with E-state index in [9.17, 15) is 4.39 Å². The van der Waals surface area contributed by atoms with Crippen LogP contribution in [0.3, 0.4) is 0 Å². The molecule has 102 valence electrons. The molecule has 4 nitrogen and oxygen atoms in total. The number of hydrogen-bond acceptors (Lipinski definition) is 3. The van der Waals surface area contributed by atoms with E-state index >= 15 is 0 Å². The zero-order valence-corrected chi connectivity index (χ0v) is 11.8. The van der Waals surface area contributed by atoms with Gasteiger partial charge in [0.2, 0.25) is 0 Å². The Balaban J connectivity index is 2.12. The summed E-state index contributed by atoms with van der Waals surface area (Å²) in [6.45, 7) is 0. The van der Waals surface area contributed by atoms with Crippen LogP contribution in [-0.2, 0) is 0 Å². The van der Waals surface area contributed by atoms with Crippen LogP contribution in [0, 0.1) is 5.82 Å². The average molecular weight is 312 g/mol. The monoisotopic (exact) mass is 311 g/mol. The number of H-pyrrole nitrogens is 1. The maximum Gasteiger partial charge on any atom is 0.179 e. The maximum absolute atomic E-state index is 13.7. The molecule has 2 aromatic heterocycles. The van der Waals surface area contributed by atoms with Gasteiger partial charge in [-0.15, -0.1) is 0 Å². The summed E-state index contributed by atoms with van der Waals surface area (Å²) in [7, 11) is 1.41. The van der Waals surface area contributed by atoms with E-state index in [4.69, 9.17) is 27.9 Å². The Kier molecular flexibility index (Phi) is 3.23. The van der Waals surface area contributed by atoms with Gasteiger partial charge in [0, 0.05) is 5.56 Å². The molecule has 3 aromatic rings. The molecule has 0 saturated heterocycles. The smallest absolute Gasteiger partial charge is 0.179 e. The third-order valence-electron chi connectivity index (χ3n) is 2.81. The first-order valence-corrected chi connectivity index (χ1v) is 6.40. The predicted molar refractivity (Wildman–Crippen MR) is 75.9 cm³/mol. The van der Waals surface area contributed by atoms with Crippen molar-refractivity contribution in [3.8, 4) is 17.1 Å². The first-order valence-electron chi connectivity index (χ1n) is 5.64. The lowest BCUT2D eigenvalue weighted by atomic mass is 10.2. The molecular weight excluding hydrogens is 304 g/mol. The van der Waals surface area contributed by atoms with Gasteiger partial charge >= 0.3 is 0 Å². The van der Waals surface area contributed by atoms with Crippen LogP contribution in [0.25, 0.3) is 22.6 Å². The van der Waals surface area contributed by atoms with Crippen LogP contribution in [0.2, 0.25) is 10.2 Å². The Morgan fingerprint density at radius 2 is 2.00 bits per heavy atom. The Labute approximate surface area is 123 Å². The molecule has 0 amide bonds. The van der Waals surface area contributed by atoms with Gasteiger partial charge in [0.15, 0.2) is 17.2 Å². The molecular formula is C13H8Cl2FN3O. The normalized spacial score (nSPS) is 11.0. The van der Waals surface area contributed by atoms with E-state index in [1.165, 1.54) is 19.2 Å². The predicted octanol–water partition coefficient (Wildman–Crippen LogP) is 4.08. The second-order valence-electron chi connectivity index (χ2n) is 4.07. The van der Waals surface area contributed by atoms with E-state index in [0.717, 1.165) is 0 Å². The van der Waals surface area contributed by atoms with Crippen molar-refractivity contribution in [2.45, 2.75) is 0 Å². The number of benzene rings is 1. The van der Waals surface area contributed by atoms with Crippen LogP contribution < -0.4 is 4.74 Å². The van der Waals surface area contributed by atoms with E-state index in [1.807, 2.05) is 0 Å². The lowest BCUT2D eigenvalue weighted by Crippen LogP contribution is -1.89. The second kappa shape index (κ2) is 4.92. The molecule has 0 radical (unpaired) electrons. The highest BCUT2D eigenvalue weighted by Gasteiger charge is 2.11. The molecule has 1 N–H and O–H groups in total. The van der Waals surface area contributed by atoms with Gasteiger partial charge in [0.25, 0.3) is 0 Å². The van der Waals surface area contributed by atoms with Crippen molar-refractivity contribution in [2.24, 2.45) is 0 Å². The standard InChI is InChI=1S/C13H8Cl2FN3O/c1-20-10-3-2-6(4-8(10)16)12-17-9-5-7(14)11(15)18-13(9)19-12/h2-5H,1H3,(H,17,18,19). The highest BCUT2D eigenvalue weighted by Crippen LogP contribution is 2.28. The zero-order chi connectivity index (χ0) is 14.3.